The standard InChI is InChI=1S/C15H13Cl2NO2/c1-8-3-5-10(12(19)7-8)15(20)18-14-11(16)6-4-9(2)13(14)17/h3-7,19H,1-2H3,(H,18,20). The number of benzene rings is 2. The van der Waals surface area contributed by atoms with Gasteiger partial charge in [0.2, 0.25) is 0 Å². The lowest BCUT2D eigenvalue weighted by Gasteiger charge is -2.12. The quantitative estimate of drug-likeness (QED) is 0.853. The summed E-state index contributed by atoms with van der Waals surface area (Å²) in [5.74, 6) is -0.542. The molecule has 0 bridgehead atoms. The fourth-order valence-electron chi connectivity index (χ4n) is 1.79. The monoisotopic (exact) mass is 309 g/mol. The van der Waals surface area contributed by atoms with Gasteiger partial charge in [-0.3, -0.25) is 4.79 Å². The summed E-state index contributed by atoms with van der Waals surface area (Å²) in [4.78, 5) is 12.2. The van der Waals surface area contributed by atoms with Crippen molar-refractivity contribution in [2.75, 3.05) is 5.32 Å². The van der Waals surface area contributed by atoms with E-state index >= 15 is 0 Å². The van der Waals surface area contributed by atoms with Gasteiger partial charge in [-0.2, -0.15) is 0 Å². The fraction of sp³-hybridized carbons (Fsp3) is 0.133. The lowest BCUT2D eigenvalue weighted by Crippen LogP contribution is -2.13. The van der Waals surface area contributed by atoms with E-state index in [1.807, 2.05) is 13.8 Å². The SMILES string of the molecule is Cc1ccc(C(=O)Nc2c(Cl)ccc(C)c2Cl)c(O)c1. The van der Waals surface area contributed by atoms with Crippen LogP contribution in [0, 0.1) is 13.8 Å². The number of hydrogen-bond acceptors (Lipinski definition) is 2. The molecule has 0 atom stereocenters. The van der Waals surface area contributed by atoms with Crippen molar-refractivity contribution in [2.45, 2.75) is 13.8 Å². The van der Waals surface area contributed by atoms with Crippen LogP contribution >= 0.6 is 23.2 Å². The molecule has 0 saturated heterocycles. The molecular formula is C15H13Cl2NO2. The number of carbonyl (C=O) groups is 1. The van der Waals surface area contributed by atoms with E-state index < -0.39 is 5.91 Å². The first-order valence-electron chi connectivity index (χ1n) is 5.95. The summed E-state index contributed by atoms with van der Waals surface area (Å²) in [6.45, 7) is 3.65. The largest absolute Gasteiger partial charge is 0.507 e. The molecule has 2 aromatic carbocycles. The van der Waals surface area contributed by atoms with Gasteiger partial charge < -0.3 is 10.4 Å². The molecular weight excluding hydrogens is 297 g/mol. The van der Waals surface area contributed by atoms with E-state index in [1.54, 1.807) is 24.3 Å². The minimum atomic E-state index is -0.461. The number of halogens is 2. The molecule has 0 aliphatic heterocycles. The highest BCUT2D eigenvalue weighted by molar-refractivity contribution is 6.40. The molecule has 2 aromatic rings. The lowest BCUT2D eigenvalue weighted by molar-refractivity contribution is 0.102. The third kappa shape index (κ3) is 2.89. The number of hydrogen-bond donors (Lipinski definition) is 2. The minimum absolute atomic E-state index is 0.0811. The maximum absolute atomic E-state index is 12.2. The first kappa shape index (κ1) is 14.7. The number of phenolic OH excluding ortho intramolecular Hbond substituents is 1. The Hall–Kier alpha value is -1.71. The molecule has 0 aliphatic rings. The molecule has 1 amide bonds. The number of nitrogens with one attached hydrogen (secondary N) is 1. The van der Waals surface area contributed by atoms with Gasteiger partial charge in [0, 0.05) is 0 Å². The number of phenols is 1. The van der Waals surface area contributed by atoms with Crippen LogP contribution in [0.3, 0.4) is 0 Å². The second kappa shape index (κ2) is 5.73. The van der Waals surface area contributed by atoms with E-state index in [2.05, 4.69) is 5.32 Å². The lowest BCUT2D eigenvalue weighted by atomic mass is 10.1. The van der Waals surface area contributed by atoms with Crippen LogP contribution in [-0.2, 0) is 0 Å². The third-order valence-electron chi connectivity index (χ3n) is 2.92. The molecule has 5 heteroatoms. The molecule has 0 saturated carbocycles. The zero-order valence-corrected chi connectivity index (χ0v) is 12.5. The Morgan fingerprint density at radius 1 is 1.15 bits per heavy atom. The summed E-state index contributed by atoms with van der Waals surface area (Å²) >= 11 is 12.2. The molecule has 3 nitrogen and oxygen atoms in total. The van der Waals surface area contributed by atoms with Crippen LogP contribution in [0.15, 0.2) is 30.3 Å². The Morgan fingerprint density at radius 3 is 2.50 bits per heavy atom. The Labute approximate surface area is 127 Å². The van der Waals surface area contributed by atoms with E-state index in [0.717, 1.165) is 11.1 Å². The van der Waals surface area contributed by atoms with Gasteiger partial charge in [-0.25, -0.2) is 0 Å². The van der Waals surface area contributed by atoms with Crippen molar-refractivity contribution in [1.82, 2.24) is 0 Å². The highest BCUT2D eigenvalue weighted by Crippen LogP contribution is 2.33. The summed E-state index contributed by atoms with van der Waals surface area (Å²) in [5, 5.41) is 13.2. The molecule has 0 heterocycles. The Morgan fingerprint density at radius 2 is 1.85 bits per heavy atom. The number of aryl methyl sites for hydroxylation is 2. The van der Waals surface area contributed by atoms with E-state index in [1.165, 1.54) is 6.07 Å². The van der Waals surface area contributed by atoms with Gasteiger partial charge in [0.05, 0.1) is 21.3 Å². The third-order valence-corrected chi connectivity index (χ3v) is 3.72. The van der Waals surface area contributed by atoms with Crippen molar-refractivity contribution in [2.24, 2.45) is 0 Å². The van der Waals surface area contributed by atoms with Gasteiger partial charge >= 0.3 is 0 Å². The molecule has 104 valence electrons. The number of aromatic hydroxyl groups is 1. The van der Waals surface area contributed by atoms with E-state index in [-0.39, 0.29) is 11.3 Å². The Kier molecular flexibility index (Phi) is 4.21. The van der Waals surface area contributed by atoms with Crippen LogP contribution in [0.25, 0.3) is 0 Å². The van der Waals surface area contributed by atoms with Gasteiger partial charge in [-0.1, -0.05) is 35.3 Å². The Balaban J connectivity index is 2.35. The van der Waals surface area contributed by atoms with Crippen LogP contribution in [0.5, 0.6) is 5.75 Å². The van der Waals surface area contributed by atoms with Gasteiger partial charge in [-0.05, 0) is 43.2 Å². The number of anilines is 1. The molecule has 0 aromatic heterocycles. The van der Waals surface area contributed by atoms with E-state index in [0.29, 0.717) is 15.7 Å². The van der Waals surface area contributed by atoms with Gasteiger partial charge in [-0.15, -0.1) is 0 Å². The van der Waals surface area contributed by atoms with Crippen molar-refractivity contribution in [3.05, 3.63) is 57.1 Å². The summed E-state index contributed by atoms with van der Waals surface area (Å²) in [5.41, 5.74) is 2.19. The number of amides is 1. The second-order valence-electron chi connectivity index (χ2n) is 4.53. The molecule has 0 aliphatic carbocycles. The summed E-state index contributed by atoms with van der Waals surface area (Å²) < 4.78 is 0. The van der Waals surface area contributed by atoms with Crippen LogP contribution in [0.2, 0.25) is 10.0 Å². The molecule has 20 heavy (non-hydrogen) atoms. The smallest absolute Gasteiger partial charge is 0.259 e. The molecule has 0 radical (unpaired) electrons. The van der Waals surface area contributed by atoms with Crippen LogP contribution in [-0.4, -0.2) is 11.0 Å². The fourth-order valence-corrected chi connectivity index (χ4v) is 2.25. The van der Waals surface area contributed by atoms with Crippen molar-refractivity contribution in [3.63, 3.8) is 0 Å². The Bertz CT molecular complexity index is 684. The van der Waals surface area contributed by atoms with Crippen molar-refractivity contribution in [3.8, 4) is 5.75 Å². The topological polar surface area (TPSA) is 49.3 Å². The molecule has 0 spiro atoms. The maximum atomic E-state index is 12.2. The number of rotatable bonds is 2. The van der Waals surface area contributed by atoms with Crippen molar-refractivity contribution < 1.29 is 9.90 Å². The maximum Gasteiger partial charge on any atom is 0.259 e. The predicted molar refractivity (Wildman–Crippen MR) is 82.0 cm³/mol. The van der Waals surface area contributed by atoms with Crippen LogP contribution < -0.4 is 5.32 Å². The van der Waals surface area contributed by atoms with E-state index in [9.17, 15) is 9.90 Å². The van der Waals surface area contributed by atoms with Crippen LogP contribution in [0.1, 0.15) is 21.5 Å². The van der Waals surface area contributed by atoms with Gasteiger partial charge in [0.1, 0.15) is 5.75 Å². The van der Waals surface area contributed by atoms with Crippen LogP contribution in [0.4, 0.5) is 5.69 Å². The first-order valence-corrected chi connectivity index (χ1v) is 6.71. The summed E-state index contributed by atoms with van der Waals surface area (Å²) in [7, 11) is 0. The first-order chi connectivity index (χ1) is 9.40. The normalized spacial score (nSPS) is 10.4. The summed E-state index contributed by atoms with van der Waals surface area (Å²) in [6, 6.07) is 8.25. The molecule has 2 rings (SSSR count). The molecule has 0 unspecified atom stereocenters. The minimum Gasteiger partial charge on any atom is -0.507 e. The average molecular weight is 310 g/mol. The highest BCUT2D eigenvalue weighted by atomic mass is 35.5. The van der Waals surface area contributed by atoms with Crippen molar-refractivity contribution in [1.29, 1.82) is 0 Å². The highest BCUT2D eigenvalue weighted by Gasteiger charge is 2.15. The zero-order chi connectivity index (χ0) is 14.9. The second-order valence-corrected chi connectivity index (χ2v) is 5.31. The molecule has 0 fully saturated rings. The van der Waals surface area contributed by atoms with Crippen molar-refractivity contribution >= 4 is 34.8 Å². The van der Waals surface area contributed by atoms with E-state index in [4.69, 9.17) is 23.2 Å². The zero-order valence-electron chi connectivity index (χ0n) is 11.0. The van der Waals surface area contributed by atoms with Gasteiger partial charge in [0.15, 0.2) is 0 Å². The summed E-state index contributed by atoms with van der Waals surface area (Å²) in [6.07, 6.45) is 0. The molecule has 2 N–H and O–H groups in total. The number of carbonyl (C=O) groups excluding carboxylic acids is 1. The predicted octanol–water partition coefficient (Wildman–Crippen LogP) is 4.57. The average Bonchev–Trinajstić information content (AvgIpc) is 2.39. The van der Waals surface area contributed by atoms with Gasteiger partial charge in [0.25, 0.3) is 5.91 Å².